The molecule has 0 radical (unpaired) electrons. The van der Waals surface area contributed by atoms with Crippen LogP contribution in [0.4, 0.5) is 0 Å². The molecule has 0 aliphatic carbocycles. The Kier molecular flexibility index (Phi) is 5.59. The monoisotopic (exact) mass is 377 g/mol. The Balaban J connectivity index is 1.75. The molecule has 144 valence electrons. The standard InChI is InChI=1S/C22H23N3O3/c1-15-4-6-18(7-5-15)13-23-20(26)14-24-8-9-25(22(28)21(24)27)19-11-16(2)10-17(3)12-19/h4-12H,13-14H2,1-3H3,(H,23,26). The molecule has 6 heteroatoms. The van der Waals surface area contributed by atoms with Crippen LogP contribution in [0.15, 0.2) is 64.4 Å². The molecule has 0 saturated carbocycles. The number of hydrogen-bond acceptors (Lipinski definition) is 3. The maximum absolute atomic E-state index is 12.5. The van der Waals surface area contributed by atoms with Crippen molar-refractivity contribution in [1.29, 1.82) is 0 Å². The van der Waals surface area contributed by atoms with Crippen LogP contribution in [0.2, 0.25) is 0 Å². The van der Waals surface area contributed by atoms with Crippen LogP contribution < -0.4 is 16.4 Å². The average molecular weight is 377 g/mol. The quantitative estimate of drug-likeness (QED) is 0.693. The van der Waals surface area contributed by atoms with Crippen molar-refractivity contribution in [2.24, 2.45) is 0 Å². The Morgan fingerprint density at radius 1 is 0.857 bits per heavy atom. The summed E-state index contributed by atoms with van der Waals surface area (Å²) in [5, 5.41) is 2.77. The second kappa shape index (κ2) is 8.08. The smallest absolute Gasteiger partial charge is 0.320 e. The van der Waals surface area contributed by atoms with Gasteiger partial charge in [-0.2, -0.15) is 0 Å². The highest BCUT2D eigenvalue weighted by atomic mass is 16.2. The largest absolute Gasteiger partial charge is 0.350 e. The number of carbonyl (C=O) groups is 1. The number of carbonyl (C=O) groups excluding carboxylic acids is 1. The number of benzene rings is 2. The molecule has 1 amide bonds. The molecule has 0 saturated heterocycles. The van der Waals surface area contributed by atoms with Gasteiger partial charge in [-0.25, -0.2) is 0 Å². The highest BCUT2D eigenvalue weighted by molar-refractivity contribution is 5.75. The average Bonchev–Trinajstić information content (AvgIpc) is 2.64. The number of hydrogen-bond donors (Lipinski definition) is 1. The van der Waals surface area contributed by atoms with E-state index >= 15 is 0 Å². The van der Waals surface area contributed by atoms with Gasteiger partial charge < -0.3 is 5.32 Å². The summed E-state index contributed by atoms with van der Waals surface area (Å²) >= 11 is 0. The fraction of sp³-hybridized carbons (Fsp3) is 0.227. The predicted octanol–water partition coefficient (Wildman–Crippen LogP) is 2.24. The van der Waals surface area contributed by atoms with E-state index < -0.39 is 11.1 Å². The van der Waals surface area contributed by atoms with Crippen molar-refractivity contribution >= 4 is 5.91 Å². The summed E-state index contributed by atoms with van der Waals surface area (Å²) in [6.45, 7) is 6.03. The van der Waals surface area contributed by atoms with Gasteiger partial charge in [0.05, 0.1) is 0 Å². The van der Waals surface area contributed by atoms with E-state index in [4.69, 9.17) is 0 Å². The first kappa shape index (κ1) is 19.4. The maximum Gasteiger partial charge on any atom is 0.320 e. The van der Waals surface area contributed by atoms with Crippen molar-refractivity contribution in [2.45, 2.75) is 33.9 Å². The van der Waals surface area contributed by atoms with Crippen LogP contribution in [-0.4, -0.2) is 15.0 Å². The van der Waals surface area contributed by atoms with E-state index in [1.807, 2.05) is 63.2 Å². The maximum atomic E-state index is 12.5. The molecule has 0 bridgehead atoms. The Morgan fingerprint density at radius 3 is 2.14 bits per heavy atom. The van der Waals surface area contributed by atoms with E-state index in [9.17, 15) is 14.4 Å². The Morgan fingerprint density at radius 2 is 1.50 bits per heavy atom. The Hall–Kier alpha value is -3.41. The Bertz CT molecular complexity index is 1100. The van der Waals surface area contributed by atoms with Crippen LogP contribution in [0.5, 0.6) is 0 Å². The molecule has 28 heavy (non-hydrogen) atoms. The zero-order chi connectivity index (χ0) is 20.3. The molecule has 6 nitrogen and oxygen atoms in total. The molecule has 0 spiro atoms. The lowest BCUT2D eigenvalue weighted by Crippen LogP contribution is -2.42. The molecular weight excluding hydrogens is 354 g/mol. The molecule has 0 aliphatic heterocycles. The number of rotatable bonds is 5. The first-order chi connectivity index (χ1) is 13.3. The van der Waals surface area contributed by atoms with Gasteiger partial charge in [-0.1, -0.05) is 35.9 Å². The van der Waals surface area contributed by atoms with Gasteiger partial charge >= 0.3 is 11.1 Å². The SMILES string of the molecule is Cc1ccc(CNC(=O)Cn2ccn(-c3cc(C)cc(C)c3)c(=O)c2=O)cc1. The predicted molar refractivity (Wildman–Crippen MR) is 109 cm³/mol. The van der Waals surface area contributed by atoms with Crippen molar-refractivity contribution < 1.29 is 4.79 Å². The molecule has 1 heterocycles. The number of nitrogens with one attached hydrogen (secondary N) is 1. The highest BCUT2D eigenvalue weighted by Crippen LogP contribution is 2.11. The molecule has 0 fully saturated rings. The molecule has 0 aliphatic rings. The fourth-order valence-electron chi connectivity index (χ4n) is 3.04. The van der Waals surface area contributed by atoms with E-state index in [0.717, 1.165) is 26.8 Å². The lowest BCUT2D eigenvalue weighted by molar-refractivity contribution is -0.121. The van der Waals surface area contributed by atoms with Crippen molar-refractivity contribution in [1.82, 2.24) is 14.5 Å². The zero-order valence-corrected chi connectivity index (χ0v) is 16.2. The second-order valence-corrected chi connectivity index (χ2v) is 7.01. The molecule has 0 atom stereocenters. The Labute approximate surface area is 163 Å². The van der Waals surface area contributed by atoms with Gasteiger partial charge in [-0.3, -0.25) is 23.5 Å². The number of nitrogens with zero attached hydrogens (tertiary/aromatic N) is 2. The minimum atomic E-state index is -0.729. The third-order valence-corrected chi connectivity index (χ3v) is 4.47. The summed E-state index contributed by atoms with van der Waals surface area (Å²) in [5.41, 5.74) is 3.34. The lowest BCUT2D eigenvalue weighted by Gasteiger charge is -2.11. The lowest BCUT2D eigenvalue weighted by atomic mass is 10.1. The molecule has 2 aromatic carbocycles. The van der Waals surface area contributed by atoms with Gasteiger partial charge in [0.25, 0.3) is 0 Å². The summed E-state index contributed by atoms with van der Waals surface area (Å²) in [6, 6.07) is 13.5. The zero-order valence-electron chi connectivity index (χ0n) is 16.2. The van der Waals surface area contributed by atoms with E-state index in [0.29, 0.717) is 12.2 Å². The van der Waals surface area contributed by atoms with E-state index in [1.54, 1.807) is 0 Å². The summed E-state index contributed by atoms with van der Waals surface area (Å²) < 4.78 is 2.44. The third-order valence-electron chi connectivity index (χ3n) is 4.47. The van der Waals surface area contributed by atoms with Crippen molar-refractivity contribution in [3.63, 3.8) is 0 Å². The summed E-state index contributed by atoms with van der Waals surface area (Å²) in [5.74, 6) is -0.328. The third kappa shape index (κ3) is 4.46. The topological polar surface area (TPSA) is 73.1 Å². The van der Waals surface area contributed by atoms with Gasteiger partial charge in [0.1, 0.15) is 6.54 Å². The van der Waals surface area contributed by atoms with Crippen molar-refractivity contribution in [2.75, 3.05) is 0 Å². The minimum Gasteiger partial charge on any atom is -0.350 e. The van der Waals surface area contributed by atoms with Crippen LogP contribution in [0.1, 0.15) is 22.3 Å². The molecule has 1 aromatic heterocycles. The summed E-state index contributed by atoms with van der Waals surface area (Å²) in [4.78, 5) is 37.1. The first-order valence-corrected chi connectivity index (χ1v) is 9.06. The van der Waals surface area contributed by atoms with Gasteiger partial charge in [0, 0.05) is 24.6 Å². The molecule has 3 aromatic rings. The molecule has 0 unspecified atom stereocenters. The normalized spacial score (nSPS) is 10.7. The van der Waals surface area contributed by atoms with Crippen molar-refractivity contribution in [3.8, 4) is 5.69 Å². The summed E-state index contributed by atoms with van der Waals surface area (Å²) in [6.07, 6.45) is 2.98. The fourth-order valence-corrected chi connectivity index (χ4v) is 3.04. The van der Waals surface area contributed by atoms with Crippen molar-refractivity contribution in [3.05, 3.63) is 97.8 Å². The molecule has 3 rings (SSSR count). The van der Waals surface area contributed by atoms with E-state index in [1.165, 1.54) is 17.0 Å². The van der Waals surface area contributed by atoms with Gasteiger partial charge in [0.15, 0.2) is 0 Å². The van der Waals surface area contributed by atoms with Crippen LogP contribution in [-0.2, 0) is 17.9 Å². The van der Waals surface area contributed by atoms with Gasteiger partial charge in [0.2, 0.25) is 5.91 Å². The van der Waals surface area contributed by atoms with Gasteiger partial charge in [-0.05, 0) is 49.6 Å². The number of aryl methyl sites for hydroxylation is 3. The highest BCUT2D eigenvalue weighted by Gasteiger charge is 2.10. The first-order valence-electron chi connectivity index (χ1n) is 9.06. The van der Waals surface area contributed by atoms with Crippen LogP contribution in [0, 0.1) is 20.8 Å². The molecular formula is C22H23N3O3. The second-order valence-electron chi connectivity index (χ2n) is 7.01. The van der Waals surface area contributed by atoms with Crippen LogP contribution in [0.3, 0.4) is 0 Å². The number of aromatic nitrogens is 2. The van der Waals surface area contributed by atoms with E-state index in [-0.39, 0.29) is 12.5 Å². The minimum absolute atomic E-state index is 0.201. The molecule has 1 N–H and O–H groups in total. The summed E-state index contributed by atoms with van der Waals surface area (Å²) in [7, 11) is 0. The number of amides is 1. The van der Waals surface area contributed by atoms with E-state index in [2.05, 4.69) is 5.32 Å². The van der Waals surface area contributed by atoms with Crippen LogP contribution in [0.25, 0.3) is 5.69 Å². The van der Waals surface area contributed by atoms with Crippen LogP contribution >= 0.6 is 0 Å². The van der Waals surface area contributed by atoms with Gasteiger partial charge in [-0.15, -0.1) is 0 Å².